The highest BCUT2D eigenvalue weighted by Crippen LogP contribution is 2.33. The summed E-state index contributed by atoms with van der Waals surface area (Å²) in [7, 11) is 0. The zero-order chi connectivity index (χ0) is 19.3. The fourth-order valence-corrected chi connectivity index (χ4v) is 4.95. The summed E-state index contributed by atoms with van der Waals surface area (Å²) < 4.78 is 18.9. The Morgan fingerprint density at radius 2 is 1.96 bits per heavy atom. The summed E-state index contributed by atoms with van der Waals surface area (Å²) in [6.07, 6.45) is 9.85. The van der Waals surface area contributed by atoms with Crippen molar-refractivity contribution in [1.29, 1.82) is 0 Å². The molecule has 148 valence electrons. The quantitative estimate of drug-likeness (QED) is 0.670. The number of aromatic nitrogens is 3. The fourth-order valence-electron chi connectivity index (χ4n) is 4.48. The summed E-state index contributed by atoms with van der Waals surface area (Å²) in [5, 5.41) is 5.02. The molecule has 0 spiro atoms. The lowest BCUT2D eigenvalue weighted by Gasteiger charge is -2.44. The fraction of sp³-hybridized carbons (Fsp3) is 0.600. The summed E-state index contributed by atoms with van der Waals surface area (Å²) in [4.78, 5) is 6.56. The smallest absolute Gasteiger partial charge is 0.369 e. The van der Waals surface area contributed by atoms with E-state index in [9.17, 15) is 4.21 Å². The molecule has 28 heavy (non-hydrogen) atoms. The molecule has 2 aromatic rings. The minimum atomic E-state index is 0.0188. The van der Waals surface area contributed by atoms with Crippen LogP contribution >= 0.6 is 11.6 Å². The minimum Gasteiger partial charge on any atom is -0.369 e. The molecule has 0 unspecified atom stereocenters. The monoisotopic (exact) mass is 420 g/mol. The average molecular weight is 421 g/mol. The molecule has 1 aliphatic carbocycles. The second-order valence-corrected chi connectivity index (χ2v) is 8.69. The van der Waals surface area contributed by atoms with Gasteiger partial charge in [0.25, 0.3) is 5.75 Å². The van der Waals surface area contributed by atoms with E-state index >= 15 is 0 Å². The topological polar surface area (TPSA) is 61.5 Å². The highest BCUT2D eigenvalue weighted by atomic mass is 35.5. The van der Waals surface area contributed by atoms with Crippen molar-refractivity contribution in [2.24, 2.45) is 0 Å². The van der Waals surface area contributed by atoms with Crippen molar-refractivity contribution in [2.45, 2.75) is 56.3 Å². The summed E-state index contributed by atoms with van der Waals surface area (Å²) in [5.41, 5.74) is 1.27. The normalized spacial score (nSPS) is 28.6. The Morgan fingerprint density at radius 1 is 1.21 bits per heavy atom. The van der Waals surface area contributed by atoms with Crippen LogP contribution in [0.25, 0.3) is 0 Å². The van der Waals surface area contributed by atoms with Gasteiger partial charge in [0.1, 0.15) is 12.1 Å². The molecule has 4 rings (SSSR count). The SMILES string of the molecule is O=[S+]C[C@H]1CN(C2CCC(n3c#[n+]cn3)CC2)[C@@H](Cc2ccc(Cl)cc2)CO1. The van der Waals surface area contributed by atoms with Gasteiger partial charge in [-0.15, -0.1) is 0 Å². The van der Waals surface area contributed by atoms with Crippen molar-refractivity contribution in [1.82, 2.24) is 14.7 Å². The predicted octanol–water partition coefficient (Wildman–Crippen LogP) is 2.16. The van der Waals surface area contributed by atoms with Crippen LogP contribution in [-0.4, -0.2) is 51.8 Å². The third-order valence-corrected chi connectivity index (χ3v) is 6.68. The highest BCUT2D eigenvalue weighted by Gasteiger charge is 2.38. The minimum absolute atomic E-state index is 0.0188. The number of rotatable bonds is 6. The van der Waals surface area contributed by atoms with Gasteiger partial charge in [0, 0.05) is 27.9 Å². The molecule has 1 saturated heterocycles. The van der Waals surface area contributed by atoms with E-state index in [-0.39, 0.29) is 6.10 Å². The van der Waals surface area contributed by atoms with E-state index in [0.717, 1.165) is 43.7 Å². The largest absolute Gasteiger partial charge is 0.461 e. The molecular formula is C20H25ClN4O2S+2. The van der Waals surface area contributed by atoms with Crippen LogP contribution in [-0.2, 0) is 27.0 Å². The Morgan fingerprint density at radius 3 is 2.64 bits per heavy atom. The van der Waals surface area contributed by atoms with E-state index in [1.807, 2.05) is 16.8 Å². The van der Waals surface area contributed by atoms with Gasteiger partial charge in [-0.3, -0.25) is 4.90 Å². The molecule has 6 nitrogen and oxygen atoms in total. The first-order chi connectivity index (χ1) is 13.7. The molecule has 2 atom stereocenters. The maximum Gasteiger partial charge on any atom is 0.461 e. The van der Waals surface area contributed by atoms with E-state index in [0.29, 0.717) is 42.2 Å². The molecule has 8 heteroatoms. The van der Waals surface area contributed by atoms with Crippen LogP contribution in [0.4, 0.5) is 0 Å². The molecule has 0 N–H and O–H groups in total. The van der Waals surface area contributed by atoms with Gasteiger partial charge in [-0.05, 0) is 49.8 Å². The van der Waals surface area contributed by atoms with Gasteiger partial charge in [0.05, 0.1) is 11.7 Å². The average Bonchev–Trinajstić information content (AvgIpc) is 3.26. The zero-order valence-corrected chi connectivity index (χ0v) is 17.3. The van der Waals surface area contributed by atoms with Crippen molar-refractivity contribution in [2.75, 3.05) is 18.9 Å². The molecule has 1 saturated carbocycles. The number of halogens is 1. The van der Waals surface area contributed by atoms with Gasteiger partial charge in [-0.25, -0.2) is 0 Å². The molecular weight excluding hydrogens is 396 g/mol. The third-order valence-electron chi connectivity index (χ3n) is 5.92. The van der Waals surface area contributed by atoms with Gasteiger partial charge in [0.15, 0.2) is 0 Å². The Bertz CT molecular complexity index is 750. The Kier molecular flexibility index (Phi) is 6.53. The number of benzene rings is 1. The Hall–Kier alpha value is -1.59. The molecule has 2 fully saturated rings. The maximum atomic E-state index is 11.0. The van der Waals surface area contributed by atoms with E-state index in [1.54, 1.807) is 6.33 Å². The molecule has 1 aromatic heterocycles. The standard InChI is InChI=1S/C20H25ClN4O2S/c21-16-3-1-15(2-4-16)9-19-11-27-20(12-28-26)10-24(19)17-5-7-18(8-6-17)25-14-22-13-23-25/h1-4,13,17-20H,5-12H2/q+2/t17?,18?,19-,20+/m0/s1. The first-order valence-corrected chi connectivity index (χ1v) is 11.2. The lowest BCUT2D eigenvalue weighted by molar-refractivity contribution is -0.294. The zero-order valence-electron chi connectivity index (χ0n) is 15.7. The van der Waals surface area contributed by atoms with E-state index in [2.05, 4.69) is 33.4 Å². The molecule has 2 heterocycles. The third kappa shape index (κ3) is 4.69. The summed E-state index contributed by atoms with van der Waals surface area (Å²) >= 11 is 6.66. The van der Waals surface area contributed by atoms with Crippen LogP contribution in [0, 0.1) is 6.33 Å². The summed E-state index contributed by atoms with van der Waals surface area (Å²) in [6.45, 7) is 1.50. The van der Waals surface area contributed by atoms with Gasteiger partial charge >= 0.3 is 24.3 Å². The first-order valence-electron chi connectivity index (χ1n) is 9.86. The summed E-state index contributed by atoms with van der Waals surface area (Å²) in [6, 6.07) is 9.31. The summed E-state index contributed by atoms with van der Waals surface area (Å²) in [5.74, 6) is 0.507. The van der Waals surface area contributed by atoms with Crippen LogP contribution in [0.3, 0.4) is 0 Å². The van der Waals surface area contributed by atoms with Crippen LogP contribution in [0.2, 0.25) is 5.02 Å². The van der Waals surface area contributed by atoms with Crippen molar-refractivity contribution < 1.29 is 13.9 Å². The van der Waals surface area contributed by atoms with E-state index in [1.165, 1.54) is 5.56 Å². The van der Waals surface area contributed by atoms with Gasteiger partial charge in [-0.1, -0.05) is 28.4 Å². The Balaban J connectivity index is 1.43. The number of ether oxygens (including phenoxy) is 1. The van der Waals surface area contributed by atoms with Crippen LogP contribution in [0.5, 0.6) is 0 Å². The highest BCUT2D eigenvalue weighted by molar-refractivity contribution is 7.65. The van der Waals surface area contributed by atoms with Crippen molar-refractivity contribution >= 4 is 23.3 Å². The van der Waals surface area contributed by atoms with Crippen LogP contribution in [0.1, 0.15) is 37.3 Å². The van der Waals surface area contributed by atoms with Gasteiger partial charge in [0.2, 0.25) is 0 Å². The first kappa shape index (κ1) is 19.7. The van der Waals surface area contributed by atoms with Crippen molar-refractivity contribution in [3.8, 4) is 0 Å². The number of hydrogen-bond donors (Lipinski definition) is 0. The van der Waals surface area contributed by atoms with Crippen molar-refractivity contribution in [3.05, 3.63) is 47.5 Å². The lowest BCUT2D eigenvalue weighted by Crippen LogP contribution is -2.56. The van der Waals surface area contributed by atoms with Gasteiger partial charge < -0.3 is 4.74 Å². The molecule has 1 aromatic carbocycles. The molecule has 0 bridgehead atoms. The molecule has 1 aliphatic heterocycles. The van der Waals surface area contributed by atoms with Gasteiger partial charge in [-0.2, -0.15) is 4.98 Å². The van der Waals surface area contributed by atoms with E-state index in [4.69, 9.17) is 16.3 Å². The molecule has 0 amide bonds. The van der Waals surface area contributed by atoms with Crippen LogP contribution in [0.15, 0.2) is 30.6 Å². The lowest BCUT2D eigenvalue weighted by atomic mass is 9.88. The molecule has 2 aliphatic rings. The number of morpholine rings is 1. The van der Waals surface area contributed by atoms with Crippen molar-refractivity contribution in [3.63, 3.8) is 0 Å². The number of nitrogens with zero attached hydrogens (tertiary/aromatic N) is 4. The second kappa shape index (κ2) is 9.27. The second-order valence-electron chi connectivity index (χ2n) is 7.69. The van der Waals surface area contributed by atoms with Crippen LogP contribution < -0.4 is 4.98 Å². The number of hydrogen-bond acceptors (Lipinski definition) is 4. The predicted molar refractivity (Wildman–Crippen MR) is 106 cm³/mol. The van der Waals surface area contributed by atoms with E-state index < -0.39 is 0 Å². The molecule has 0 radical (unpaired) electrons. The maximum absolute atomic E-state index is 11.0. The Labute approximate surface area is 174 Å².